The predicted molar refractivity (Wildman–Crippen MR) is 89.9 cm³/mol. The summed E-state index contributed by atoms with van der Waals surface area (Å²) in [7, 11) is 0. The van der Waals surface area contributed by atoms with Crippen molar-refractivity contribution in [3.8, 4) is 0 Å². The Hall–Kier alpha value is -2.67. The van der Waals surface area contributed by atoms with Gasteiger partial charge < -0.3 is 9.88 Å². The minimum absolute atomic E-state index is 0.0195. The summed E-state index contributed by atoms with van der Waals surface area (Å²) in [4.78, 5) is 22.4. The van der Waals surface area contributed by atoms with Crippen LogP contribution < -0.4 is 5.32 Å². The van der Waals surface area contributed by atoms with E-state index in [4.69, 9.17) is 0 Å². The summed E-state index contributed by atoms with van der Waals surface area (Å²) in [6.07, 6.45) is 2.83. The molecule has 3 rings (SSSR count). The number of carbonyl (C=O) groups is 1. The fourth-order valence-electron chi connectivity index (χ4n) is 2.42. The molecule has 0 fully saturated rings. The summed E-state index contributed by atoms with van der Waals surface area (Å²) < 4.78 is 2.15. The molecule has 1 aromatic carbocycles. The van der Waals surface area contributed by atoms with Gasteiger partial charge in [-0.1, -0.05) is 29.5 Å². The van der Waals surface area contributed by atoms with Crippen molar-refractivity contribution in [2.75, 3.05) is 6.54 Å². The largest absolute Gasteiger partial charge is 0.351 e. The van der Waals surface area contributed by atoms with Gasteiger partial charge in [0.1, 0.15) is 0 Å². The molecule has 0 radical (unpaired) electrons. The van der Waals surface area contributed by atoms with Gasteiger partial charge in [0, 0.05) is 30.9 Å². The molecular formula is C16H15N3O3S. The molecule has 0 aliphatic rings. The second-order valence-electron chi connectivity index (χ2n) is 5.07. The molecule has 1 amide bonds. The van der Waals surface area contributed by atoms with E-state index < -0.39 is 4.92 Å². The highest BCUT2D eigenvalue weighted by Gasteiger charge is 2.14. The van der Waals surface area contributed by atoms with Gasteiger partial charge in [0.05, 0.1) is 9.80 Å². The zero-order chi connectivity index (χ0) is 16.2. The van der Waals surface area contributed by atoms with Gasteiger partial charge in [-0.15, -0.1) is 0 Å². The lowest BCUT2D eigenvalue weighted by molar-refractivity contribution is -0.380. The van der Waals surface area contributed by atoms with Gasteiger partial charge >= 0.3 is 5.00 Å². The normalized spacial score (nSPS) is 10.8. The van der Waals surface area contributed by atoms with Crippen LogP contribution in [-0.4, -0.2) is 21.9 Å². The van der Waals surface area contributed by atoms with E-state index >= 15 is 0 Å². The molecule has 0 atom stereocenters. The molecule has 0 aliphatic heterocycles. The molecule has 0 aliphatic carbocycles. The molecule has 0 bridgehead atoms. The van der Waals surface area contributed by atoms with Crippen LogP contribution in [0.1, 0.15) is 16.1 Å². The third-order valence-electron chi connectivity index (χ3n) is 3.54. The SMILES string of the molecule is O=C(NCCCn1ccc2ccccc21)c1ccc([N+](=O)[O-])s1. The molecule has 0 unspecified atom stereocenters. The Labute approximate surface area is 136 Å². The number of hydrogen-bond donors (Lipinski definition) is 1. The first-order valence-electron chi connectivity index (χ1n) is 7.21. The minimum Gasteiger partial charge on any atom is -0.351 e. The van der Waals surface area contributed by atoms with E-state index in [0.29, 0.717) is 11.4 Å². The second-order valence-corrected chi connectivity index (χ2v) is 6.13. The molecule has 7 heteroatoms. The maximum atomic E-state index is 11.9. The first-order chi connectivity index (χ1) is 11.1. The fraction of sp³-hybridized carbons (Fsp3) is 0.188. The molecule has 23 heavy (non-hydrogen) atoms. The van der Waals surface area contributed by atoms with Crippen LogP contribution in [0.5, 0.6) is 0 Å². The first kappa shape index (κ1) is 15.2. The van der Waals surface area contributed by atoms with E-state index in [1.54, 1.807) is 0 Å². The highest BCUT2D eigenvalue weighted by Crippen LogP contribution is 2.23. The third-order valence-corrected chi connectivity index (χ3v) is 4.57. The van der Waals surface area contributed by atoms with Crippen LogP contribution >= 0.6 is 11.3 Å². The van der Waals surface area contributed by atoms with E-state index in [2.05, 4.69) is 28.1 Å². The van der Waals surface area contributed by atoms with Crippen LogP contribution in [0.4, 0.5) is 5.00 Å². The average molecular weight is 329 g/mol. The first-order valence-corrected chi connectivity index (χ1v) is 8.03. The molecule has 3 aromatic rings. The summed E-state index contributed by atoms with van der Waals surface area (Å²) in [6, 6.07) is 13.1. The summed E-state index contributed by atoms with van der Waals surface area (Å²) in [5.41, 5.74) is 1.17. The zero-order valence-electron chi connectivity index (χ0n) is 12.3. The molecular weight excluding hydrogens is 314 g/mol. The lowest BCUT2D eigenvalue weighted by Crippen LogP contribution is -2.24. The minimum atomic E-state index is -0.488. The maximum Gasteiger partial charge on any atom is 0.324 e. The number of amides is 1. The molecule has 0 saturated carbocycles. The van der Waals surface area contributed by atoms with Gasteiger partial charge in [0.15, 0.2) is 0 Å². The van der Waals surface area contributed by atoms with Gasteiger partial charge in [-0.3, -0.25) is 14.9 Å². The third kappa shape index (κ3) is 3.40. The topological polar surface area (TPSA) is 77.2 Å². The highest BCUT2D eigenvalue weighted by atomic mass is 32.1. The van der Waals surface area contributed by atoms with Crippen molar-refractivity contribution in [1.82, 2.24) is 9.88 Å². The number of hydrogen-bond acceptors (Lipinski definition) is 4. The van der Waals surface area contributed by atoms with Crippen molar-refractivity contribution < 1.29 is 9.72 Å². The van der Waals surface area contributed by atoms with E-state index in [1.807, 2.05) is 18.3 Å². The monoisotopic (exact) mass is 329 g/mol. The number of carbonyl (C=O) groups excluding carboxylic acids is 1. The van der Waals surface area contributed by atoms with Crippen molar-refractivity contribution in [1.29, 1.82) is 0 Å². The molecule has 2 aromatic heterocycles. The quantitative estimate of drug-likeness (QED) is 0.427. The van der Waals surface area contributed by atoms with E-state index in [-0.39, 0.29) is 10.9 Å². The highest BCUT2D eigenvalue weighted by molar-refractivity contribution is 7.17. The number of nitrogens with one attached hydrogen (secondary N) is 1. The van der Waals surface area contributed by atoms with Crippen LogP contribution in [0.25, 0.3) is 10.9 Å². The number of nitrogens with zero attached hydrogens (tertiary/aromatic N) is 2. The van der Waals surface area contributed by atoms with Crippen molar-refractivity contribution in [2.45, 2.75) is 13.0 Å². The predicted octanol–water partition coefficient (Wildman–Crippen LogP) is 3.43. The summed E-state index contributed by atoms with van der Waals surface area (Å²) in [5, 5.41) is 14.6. The van der Waals surface area contributed by atoms with Crippen LogP contribution in [-0.2, 0) is 6.54 Å². The Morgan fingerprint density at radius 3 is 2.83 bits per heavy atom. The van der Waals surface area contributed by atoms with Gasteiger partial charge in [0.2, 0.25) is 0 Å². The maximum absolute atomic E-state index is 11.9. The van der Waals surface area contributed by atoms with Crippen molar-refractivity contribution in [3.63, 3.8) is 0 Å². The lowest BCUT2D eigenvalue weighted by atomic mass is 10.2. The number of fused-ring (bicyclic) bond motifs is 1. The second kappa shape index (κ2) is 6.62. The molecule has 0 spiro atoms. The number of para-hydroxylation sites is 1. The van der Waals surface area contributed by atoms with Gasteiger partial charge in [0.25, 0.3) is 5.91 Å². The zero-order valence-corrected chi connectivity index (χ0v) is 13.1. The average Bonchev–Trinajstić information content (AvgIpc) is 3.19. The number of benzene rings is 1. The summed E-state index contributed by atoms with van der Waals surface area (Å²) in [5.74, 6) is -0.263. The Morgan fingerprint density at radius 2 is 2.04 bits per heavy atom. The fourth-order valence-corrected chi connectivity index (χ4v) is 3.16. The standard InChI is InChI=1S/C16H15N3O3S/c20-16(14-6-7-15(23-14)19(21)22)17-9-3-10-18-11-8-12-4-1-2-5-13(12)18/h1-2,4-8,11H,3,9-10H2,(H,17,20). The molecule has 2 heterocycles. The Morgan fingerprint density at radius 1 is 1.22 bits per heavy atom. The molecule has 1 N–H and O–H groups in total. The number of aromatic nitrogens is 1. The van der Waals surface area contributed by atoms with Crippen LogP contribution in [0, 0.1) is 10.1 Å². The van der Waals surface area contributed by atoms with E-state index in [0.717, 1.165) is 24.3 Å². The molecule has 118 valence electrons. The smallest absolute Gasteiger partial charge is 0.324 e. The number of thiophene rings is 1. The van der Waals surface area contributed by atoms with Gasteiger partial charge in [-0.05, 0) is 30.0 Å². The van der Waals surface area contributed by atoms with Crippen molar-refractivity contribution >= 4 is 33.1 Å². The van der Waals surface area contributed by atoms with Crippen LogP contribution in [0.2, 0.25) is 0 Å². The van der Waals surface area contributed by atoms with E-state index in [9.17, 15) is 14.9 Å². The molecule has 0 saturated heterocycles. The van der Waals surface area contributed by atoms with Gasteiger partial charge in [-0.2, -0.15) is 0 Å². The van der Waals surface area contributed by atoms with Crippen molar-refractivity contribution in [2.24, 2.45) is 0 Å². The Kier molecular flexibility index (Phi) is 4.38. The van der Waals surface area contributed by atoms with Gasteiger partial charge in [-0.25, -0.2) is 0 Å². The number of rotatable bonds is 6. The number of nitro groups is 1. The summed E-state index contributed by atoms with van der Waals surface area (Å²) >= 11 is 0.890. The van der Waals surface area contributed by atoms with E-state index in [1.165, 1.54) is 23.0 Å². The Balaban J connectivity index is 1.51. The lowest BCUT2D eigenvalue weighted by Gasteiger charge is -2.06. The number of aryl methyl sites for hydroxylation is 1. The van der Waals surface area contributed by atoms with Crippen molar-refractivity contribution in [3.05, 3.63) is 63.7 Å². The molecule has 6 nitrogen and oxygen atoms in total. The summed E-state index contributed by atoms with van der Waals surface area (Å²) in [6.45, 7) is 1.33. The van der Waals surface area contributed by atoms with Crippen LogP contribution in [0.15, 0.2) is 48.7 Å². The van der Waals surface area contributed by atoms with Crippen LogP contribution in [0.3, 0.4) is 0 Å². The Bertz CT molecular complexity index is 853.